The van der Waals surface area contributed by atoms with E-state index in [2.05, 4.69) is 27.2 Å². The molecule has 0 aliphatic carbocycles. The van der Waals surface area contributed by atoms with Crippen molar-refractivity contribution in [1.29, 1.82) is 0 Å². The van der Waals surface area contributed by atoms with E-state index in [1.54, 1.807) is 7.11 Å². The molecule has 1 aromatic heterocycles. The van der Waals surface area contributed by atoms with Gasteiger partial charge in [0.05, 0.1) is 29.9 Å². The number of amides is 1. The molecule has 1 atom stereocenters. The molecule has 6 rings (SSSR count). The summed E-state index contributed by atoms with van der Waals surface area (Å²) >= 11 is 0. The van der Waals surface area contributed by atoms with Gasteiger partial charge in [-0.25, -0.2) is 4.98 Å². The molecule has 2 fully saturated rings. The summed E-state index contributed by atoms with van der Waals surface area (Å²) in [5.74, 6) is 0.710. The number of benzene rings is 3. The molecule has 2 aliphatic rings. The van der Waals surface area contributed by atoms with Crippen molar-refractivity contribution in [2.45, 2.75) is 57.7 Å². The fraction of sp³-hybridized carbons (Fsp3) is 0.389. The van der Waals surface area contributed by atoms with Gasteiger partial charge < -0.3 is 15.0 Å². The summed E-state index contributed by atoms with van der Waals surface area (Å²) in [5, 5.41) is 4.21. The number of hydrogen-bond acceptors (Lipinski definition) is 5. The monoisotopic (exact) mass is 562 g/mol. The highest BCUT2D eigenvalue weighted by molar-refractivity contribution is 6.09. The van der Waals surface area contributed by atoms with Crippen LogP contribution in [0.5, 0.6) is 5.75 Å². The van der Waals surface area contributed by atoms with Crippen LogP contribution in [-0.4, -0.2) is 60.0 Å². The Morgan fingerprint density at radius 1 is 0.929 bits per heavy atom. The number of methoxy groups -OCH3 is 1. The summed E-state index contributed by atoms with van der Waals surface area (Å²) in [7, 11) is 1.66. The van der Waals surface area contributed by atoms with Crippen molar-refractivity contribution in [2.24, 2.45) is 0 Å². The SMILES string of the molecule is COc1cccc([C@H](C)NC(=O)c2c(CN3CCC(N4CCCCC4)CC3)c(-c3ccccc3)nc3ccccc23)c1. The molecule has 0 unspecified atom stereocenters. The van der Waals surface area contributed by atoms with Crippen molar-refractivity contribution in [3.05, 3.63) is 95.6 Å². The number of para-hydroxylation sites is 1. The Kier molecular flexibility index (Phi) is 8.82. The Bertz CT molecular complexity index is 1510. The highest BCUT2D eigenvalue weighted by Crippen LogP contribution is 2.33. The van der Waals surface area contributed by atoms with Gasteiger partial charge in [-0.3, -0.25) is 9.69 Å². The van der Waals surface area contributed by atoms with Gasteiger partial charge in [0, 0.05) is 29.1 Å². The van der Waals surface area contributed by atoms with Crippen LogP contribution in [-0.2, 0) is 6.54 Å². The van der Waals surface area contributed by atoms with E-state index in [-0.39, 0.29) is 11.9 Å². The fourth-order valence-corrected chi connectivity index (χ4v) is 6.71. The van der Waals surface area contributed by atoms with Crippen LogP contribution in [0.4, 0.5) is 0 Å². The molecule has 1 N–H and O–H groups in total. The van der Waals surface area contributed by atoms with Gasteiger partial charge in [-0.1, -0.05) is 67.1 Å². The van der Waals surface area contributed by atoms with Crippen LogP contribution >= 0.6 is 0 Å². The Morgan fingerprint density at radius 3 is 2.43 bits per heavy atom. The molecule has 4 aromatic rings. The average molecular weight is 563 g/mol. The first-order valence-electron chi connectivity index (χ1n) is 15.5. The topological polar surface area (TPSA) is 57.7 Å². The van der Waals surface area contributed by atoms with Crippen LogP contribution in [0.1, 0.15) is 66.6 Å². The van der Waals surface area contributed by atoms with Crippen LogP contribution in [0.25, 0.3) is 22.2 Å². The summed E-state index contributed by atoms with van der Waals surface area (Å²) in [6.07, 6.45) is 6.38. The largest absolute Gasteiger partial charge is 0.497 e. The first kappa shape index (κ1) is 28.4. The molecule has 0 radical (unpaired) electrons. The summed E-state index contributed by atoms with van der Waals surface area (Å²) in [4.78, 5) is 24.7. The van der Waals surface area contributed by atoms with E-state index in [0.29, 0.717) is 12.6 Å². The number of nitrogens with one attached hydrogen (secondary N) is 1. The molecule has 0 spiro atoms. The van der Waals surface area contributed by atoms with Crippen LogP contribution < -0.4 is 10.1 Å². The quantitative estimate of drug-likeness (QED) is 0.255. The van der Waals surface area contributed by atoms with Crippen molar-refractivity contribution < 1.29 is 9.53 Å². The van der Waals surface area contributed by atoms with E-state index < -0.39 is 0 Å². The predicted octanol–water partition coefficient (Wildman–Crippen LogP) is 6.85. The van der Waals surface area contributed by atoms with Crippen LogP contribution in [0.15, 0.2) is 78.9 Å². The van der Waals surface area contributed by atoms with E-state index in [4.69, 9.17) is 9.72 Å². The van der Waals surface area contributed by atoms with E-state index in [0.717, 1.165) is 57.7 Å². The third kappa shape index (κ3) is 6.20. The van der Waals surface area contributed by atoms with Crippen molar-refractivity contribution in [2.75, 3.05) is 33.3 Å². The van der Waals surface area contributed by atoms with Gasteiger partial charge in [-0.05, 0) is 82.5 Å². The molecule has 3 aromatic carbocycles. The Hall–Kier alpha value is -3.74. The normalized spacial score (nSPS) is 17.7. The van der Waals surface area contributed by atoms with Gasteiger partial charge in [0.2, 0.25) is 0 Å². The first-order valence-corrected chi connectivity index (χ1v) is 15.5. The Morgan fingerprint density at radius 2 is 1.67 bits per heavy atom. The maximum Gasteiger partial charge on any atom is 0.252 e. The number of nitrogens with zero attached hydrogens (tertiary/aromatic N) is 3. The van der Waals surface area contributed by atoms with Crippen LogP contribution in [0, 0.1) is 0 Å². The van der Waals surface area contributed by atoms with Crippen LogP contribution in [0.2, 0.25) is 0 Å². The maximum absolute atomic E-state index is 14.3. The molecule has 0 bridgehead atoms. The lowest BCUT2D eigenvalue weighted by Gasteiger charge is -2.40. The minimum absolute atomic E-state index is 0.0701. The smallest absolute Gasteiger partial charge is 0.252 e. The molecule has 42 heavy (non-hydrogen) atoms. The minimum Gasteiger partial charge on any atom is -0.497 e. The first-order chi connectivity index (χ1) is 20.6. The third-order valence-corrected chi connectivity index (χ3v) is 9.05. The second-order valence-electron chi connectivity index (χ2n) is 11.8. The number of rotatable bonds is 8. The second kappa shape index (κ2) is 13.1. The zero-order valence-electron chi connectivity index (χ0n) is 24.9. The van der Waals surface area contributed by atoms with Gasteiger partial charge in [0.25, 0.3) is 5.91 Å². The van der Waals surface area contributed by atoms with Crippen molar-refractivity contribution in [3.8, 4) is 17.0 Å². The number of hydrogen-bond donors (Lipinski definition) is 1. The lowest BCUT2D eigenvalue weighted by Crippen LogP contribution is -2.46. The van der Waals surface area contributed by atoms with Crippen LogP contribution in [0.3, 0.4) is 0 Å². The molecule has 3 heterocycles. The molecular formula is C36H42N4O2. The summed E-state index contributed by atoms with van der Waals surface area (Å²) in [6, 6.07) is 26.8. The van der Waals surface area contributed by atoms with E-state index in [9.17, 15) is 4.79 Å². The van der Waals surface area contributed by atoms with Crippen molar-refractivity contribution in [1.82, 2.24) is 20.1 Å². The van der Waals surface area contributed by atoms with Crippen molar-refractivity contribution >= 4 is 16.8 Å². The summed E-state index contributed by atoms with van der Waals surface area (Å²) in [5.41, 5.74) is 5.51. The predicted molar refractivity (Wildman–Crippen MR) is 170 cm³/mol. The molecule has 6 heteroatoms. The molecule has 1 amide bonds. The number of likely N-dealkylation sites (tertiary alicyclic amines) is 2. The van der Waals surface area contributed by atoms with E-state index >= 15 is 0 Å². The average Bonchev–Trinajstić information content (AvgIpc) is 3.05. The van der Waals surface area contributed by atoms with E-state index in [1.165, 1.54) is 45.2 Å². The molecular weight excluding hydrogens is 520 g/mol. The number of pyridine rings is 1. The standard InChI is InChI=1S/C36H42N4O2/c1-26(28-14-11-15-30(24-28)42-2)37-36(41)34-31-16-7-8-17-33(31)38-35(27-12-5-3-6-13-27)32(34)25-39-22-18-29(19-23-39)40-20-9-4-10-21-40/h3,5-8,11-17,24,26,29H,4,9-10,18-23,25H2,1-2H3,(H,37,41)/t26-/m0/s1. The number of aromatic nitrogens is 1. The number of ether oxygens (including phenoxy) is 1. The minimum atomic E-state index is -0.187. The van der Waals surface area contributed by atoms with Gasteiger partial charge in [0.1, 0.15) is 5.75 Å². The Labute approximate surface area is 249 Å². The Balaban J connectivity index is 1.35. The van der Waals surface area contributed by atoms with Gasteiger partial charge in [-0.2, -0.15) is 0 Å². The lowest BCUT2D eigenvalue weighted by molar-refractivity contribution is 0.0883. The molecule has 0 saturated carbocycles. The lowest BCUT2D eigenvalue weighted by atomic mass is 9.94. The molecule has 6 nitrogen and oxygen atoms in total. The van der Waals surface area contributed by atoms with Gasteiger partial charge >= 0.3 is 0 Å². The second-order valence-corrected chi connectivity index (χ2v) is 11.8. The number of carbonyl (C=O) groups is 1. The number of fused-ring (bicyclic) bond motifs is 1. The molecule has 2 saturated heterocycles. The van der Waals surface area contributed by atoms with Crippen molar-refractivity contribution in [3.63, 3.8) is 0 Å². The zero-order valence-corrected chi connectivity index (χ0v) is 24.9. The molecule has 218 valence electrons. The summed E-state index contributed by atoms with van der Waals surface area (Å²) < 4.78 is 5.44. The number of carbonyl (C=O) groups excluding carboxylic acids is 1. The highest BCUT2D eigenvalue weighted by Gasteiger charge is 2.29. The molecule has 2 aliphatic heterocycles. The van der Waals surface area contributed by atoms with Gasteiger partial charge in [-0.15, -0.1) is 0 Å². The summed E-state index contributed by atoms with van der Waals surface area (Å²) in [6.45, 7) is 7.28. The third-order valence-electron chi connectivity index (χ3n) is 9.05. The number of piperidine rings is 2. The highest BCUT2D eigenvalue weighted by atomic mass is 16.5. The zero-order chi connectivity index (χ0) is 28.9. The van der Waals surface area contributed by atoms with E-state index in [1.807, 2.05) is 73.7 Å². The maximum atomic E-state index is 14.3. The fourth-order valence-electron chi connectivity index (χ4n) is 6.71. The van der Waals surface area contributed by atoms with Gasteiger partial charge in [0.15, 0.2) is 0 Å².